The lowest BCUT2D eigenvalue weighted by Crippen LogP contribution is -2.45. The molecule has 0 bridgehead atoms. The van der Waals surface area contributed by atoms with Gasteiger partial charge in [-0.15, -0.1) is 0 Å². The zero-order valence-electron chi connectivity index (χ0n) is 15.5. The number of piperidine rings is 1. The predicted molar refractivity (Wildman–Crippen MR) is 102 cm³/mol. The van der Waals surface area contributed by atoms with E-state index in [9.17, 15) is 0 Å². The third-order valence-electron chi connectivity index (χ3n) is 4.87. The van der Waals surface area contributed by atoms with E-state index in [1.54, 1.807) is 7.11 Å². The average molecular weight is 332 g/mol. The van der Waals surface area contributed by atoms with E-state index in [0.29, 0.717) is 17.9 Å². The van der Waals surface area contributed by atoms with Gasteiger partial charge in [-0.05, 0) is 62.0 Å². The molecule has 1 saturated heterocycles. The molecule has 1 aromatic carbocycles. The Morgan fingerprint density at radius 1 is 1.29 bits per heavy atom. The number of anilines is 1. The highest BCUT2D eigenvalue weighted by molar-refractivity contribution is 5.92. The predicted octanol–water partition coefficient (Wildman–Crippen LogP) is 3.18. The van der Waals surface area contributed by atoms with E-state index in [-0.39, 0.29) is 0 Å². The fraction of sp³-hybridized carbons (Fsp3) is 0.632. The summed E-state index contributed by atoms with van der Waals surface area (Å²) in [6.45, 7) is 9.96. The van der Waals surface area contributed by atoms with Crippen LogP contribution in [0.2, 0.25) is 0 Å². The fourth-order valence-electron chi connectivity index (χ4n) is 3.16. The van der Waals surface area contributed by atoms with Crippen molar-refractivity contribution in [2.24, 2.45) is 22.6 Å². The molecule has 0 saturated carbocycles. The molecule has 1 fully saturated rings. The van der Waals surface area contributed by atoms with Gasteiger partial charge in [0.2, 0.25) is 0 Å². The van der Waals surface area contributed by atoms with E-state index >= 15 is 0 Å². The lowest BCUT2D eigenvalue weighted by Gasteiger charge is -2.38. The Labute approximate surface area is 146 Å². The Hall–Kier alpha value is -1.75. The number of nitrogens with zero attached hydrogens (tertiary/aromatic N) is 2. The summed E-state index contributed by atoms with van der Waals surface area (Å²) in [5.74, 6) is 2.71. The van der Waals surface area contributed by atoms with Crippen LogP contribution in [-0.2, 0) is 0 Å². The van der Waals surface area contributed by atoms with Crippen LogP contribution in [0.3, 0.4) is 0 Å². The highest BCUT2D eigenvalue weighted by Gasteiger charge is 2.25. The van der Waals surface area contributed by atoms with Gasteiger partial charge in [-0.2, -0.15) is 0 Å². The van der Waals surface area contributed by atoms with Gasteiger partial charge in [-0.1, -0.05) is 20.8 Å². The number of likely N-dealkylation sites (tertiary alicyclic amines) is 1. The largest absolute Gasteiger partial charge is 0.497 e. The molecule has 5 nitrogen and oxygen atoms in total. The number of hydrogen-bond acceptors (Lipinski definition) is 3. The van der Waals surface area contributed by atoms with Crippen LogP contribution in [-0.4, -0.2) is 43.6 Å². The molecule has 134 valence electrons. The van der Waals surface area contributed by atoms with Crippen LogP contribution in [0.25, 0.3) is 0 Å². The SMILES string of the molecule is COc1ccc(NC(N)=NCC(C(C)C)N2CCC(C)CC2)cc1. The maximum Gasteiger partial charge on any atom is 0.193 e. The molecule has 0 amide bonds. The molecule has 0 radical (unpaired) electrons. The first-order valence-electron chi connectivity index (χ1n) is 8.94. The van der Waals surface area contributed by atoms with Crippen LogP contribution >= 0.6 is 0 Å². The summed E-state index contributed by atoms with van der Waals surface area (Å²) in [5.41, 5.74) is 6.99. The maximum absolute atomic E-state index is 6.07. The van der Waals surface area contributed by atoms with E-state index in [4.69, 9.17) is 10.5 Å². The van der Waals surface area contributed by atoms with Gasteiger partial charge in [0.05, 0.1) is 13.7 Å². The third-order valence-corrected chi connectivity index (χ3v) is 4.87. The molecule has 3 N–H and O–H groups in total. The smallest absolute Gasteiger partial charge is 0.193 e. The van der Waals surface area contributed by atoms with Gasteiger partial charge in [0.1, 0.15) is 5.75 Å². The average Bonchev–Trinajstić information content (AvgIpc) is 2.57. The quantitative estimate of drug-likeness (QED) is 0.620. The second-order valence-electron chi connectivity index (χ2n) is 7.11. The number of nitrogens with one attached hydrogen (secondary N) is 1. The second-order valence-corrected chi connectivity index (χ2v) is 7.11. The minimum Gasteiger partial charge on any atom is -0.497 e. The highest BCUT2D eigenvalue weighted by atomic mass is 16.5. The standard InChI is InChI=1S/C19H32N4O/c1-14(2)18(23-11-9-15(3)10-12-23)13-21-19(20)22-16-5-7-17(24-4)8-6-16/h5-8,14-15,18H,9-13H2,1-4H3,(H3,20,21,22). The van der Waals surface area contributed by atoms with E-state index in [1.165, 1.54) is 25.9 Å². The summed E-state index contributed by atoms with van der Waals surface area (Å²) in [6.07, 6.45) is 2.57. The molecule has 0 aromatic heterocycles. The van der Waals surface area contributed by atoms with Crippen molar-refractivity contribution in [2.75, 3.05) is 32.1 Å². The molecule has 2 rings (SSSR count). The van der Waals surface area contributed by atoms with Crippen molar-refractivity contribution in [3.05, 3.63) is 24.3 Å². The number of guanidine groups is 1. The van der Waals surface area contributed by atoms with Crippen molar-refractivity contribution in [3.63, 3.8) is 0 Å². The summed E-state index contributed by atoms with van der Waals surface area (Å²) in [4.78, 5) is 7.17. The molecule has 1 atom stereocenters. The number of benzene rings is 1. The third kappa shape index (κ3) is 5.41. The van der Waals surface area contributed by atoms with E-state index < -0.39 is 0 Å². The van der Waals surface area contributed by atoms with Crippen molar-refractivity contribution in [3.8, 4) is 5.75 Å². The van der Waals surface area contributed by atoms with Gasteiger partial charge in [-0.25, -0.2) is 0 Å². The van der Waals surface area contributed by atoms with Crippen molar-refractivity contribution < 1.29 is 4.74 Å². The van der Waals surface area contributed by atoms with Gasteiger partial charge < -0.3 is 15.8 Å². The number of ether oxygens (including phenoxy) is 1. The van der Waals surface area contributed by atoms with Crippen molar-refractivity contribution in [2.45, 2.75) is 39.7 Å². The highest BCUT2D eigenvalue weighted by Crippen LogP contribution is 2.21. The van der Waals surface area contributed by atoms with Gasteiger partial charge in [0.15, 0.2) is 5.96 Å². The summed E-state index contributed by atoms with van der Waals surface area (Å²) < 4.78 is 5.16. The normalized spacial score (nSPS) is 18.6. The lowest BCUT2D eigenvalue weighted by atomic mass is 9.94. The zero-order valence-corrected chi connectivity index (χ0v) is 15.5. The Morgan fingerprint density at radius 2 is 1.92 bits per heavy atom. The number of methoxy groups -OCH3 is 1. The fourth-order valence-corrected chi connectivity index (χ4v) is 3.16. The Bertz CT molecular complexity index is 519. The van der Waals surface area contributed by atoms with Gasteiger partial charge >= 0.3 is 0 Å². The number of aliphatic imine (C=N–C) groups is 1. The monoisotopic (exact) mass is 332 g/mol. The van der Waals surface area contributed by atoms with Gasteiger partial charge in [-0.3, -0.25) is 9.89 Å². The molecule has 1 heterocycles. The minimum atomic E-state index is 0.453. The first kappa shape index (κ1) is 18.6. The van der Waals surface area contributed by atoms with Crippen molar-refractivity contribution in [1.82, 2.24) is 4.90 Å². The molecule has 1 aromatic rings. The van der Waals surface area contributed by atoms with Crippen LogP contribution in [0.5, 0.6) is 5.75 Å². The van der Waals surface area contributed by atoms with Crippen LogP contribution in [0.15, 0.2) is 29.3 Å². The van der Waals surface area contributed by atoms with Crippen molar-refractivity contribution in [1.29, 1.82) is 0 Å². The maximum atomic E-state index is 6.07. The van der Waals surface area contributed by atoms with Crippen molar-refractivity contribution >= 4 is 11.6 Å². The number of hydrogen-bond donors (Lipinski definition) is 2. The summed E-state index contributed by atoms with van der Waals surface area (Å²) >= 11 is 0. The lowest BCUT2D eigenvalue weighted by molar-refractivity contribution is 0.113. The van der Waals surface area contributed by atoms with Crippen LogP contribution in [0.1, 0.15) is 33.6 Å². The number of rotatable bonds is 6. The Balaban J connectivity index is 1.92. The molecule has 0 aliphatic carbocycles. The van der Waals surface area contributed by atoms with E-state index in [2.05, 4.69) is 36.0 Å². The molecule has 24 heavy (non-hydrogen) atoms. The zero-order chi connectivity index (χ0) is 17.5. The topological polar surface area (TPSA) is 62.9 Å². The molecule has 0 spiro atoms. The van der Waals surface area contributed by atoms with Crippen LogP contribution in [0, 0.1) is 11.8 Å². The van der Waals surface area contributed by atoms with Gasteiger partial charge in [0, 0.05) is 11.7 Å². The Morgan fingerprint density at radius 3 is 2.46 bits per heavy atom. The summed E-state index contributed by atoms with van der Waals surface area (Å²) in [7, 11) is 1.66. The molecule has 1 unspecified atom stereocenters. The van der Waals surface area contributed by atoms with E-state index in [1.807, 2.05) is 24.3 Å². The first-order valence-corrected chi connectivity index (χ1v) is 8.94. The Kier molecular flexibility index (Phi) is 6.91. The second kappa shape index (κ2) is 8.92. The van der Waals surface area contributed by atoms with E-state index in [0.717, 1.165) is 23.9 Å². The summed E-state index contributed by atoms with van der Waals surface area (Å²) in [5, 5.41) is 3.15. The minimum absolute atomic E-state index is 0.453. The molecule has 1 aliphatic rings. The molecular weight excluding hydrogens is 300 g/mol. The summed E-state index contributed by atoms with van der Waals surface area (Å²) in [6, 6.07) is 8.14. The first-order chi connectivity index (χ1) is 11.5. The van der Waals surface area contributed by atoms with Crippen LogP contribution in [0.4, 0.5) is 5.69 Å². The van der Waals surface area contributed by atoms with Gasteiger partial charge in [0.25, 0.3) is 0 Å². The number of nitrogens with two attached hydrogens (primary N) is 1. The van der Waals surface area contributed by atoms with Crippen LogP contribution < -0.4 is 15.8 Å². The molecule has 5 heteroatoms. The molecule has 1 aliphatic heterocycles. The molecular formula is C19H32N4O.